The van der Waals surface area contributed by atoms with Gasteiger partial charge in [0.15, 0.2) is 0 Å². The highest BCUT2D eigenvalue weighted by Crippen LogP contribution is 2.41. The van der Waals surface area contributed by atoms with Gasteiger partial charge in [-0.25, -0.2) is 0 Å². The molecule has 1 saturated heterocycles. The van der Waals surface area contributed by atoms with Gasteiger partial charge in [0.05, 0.1) is 0 Å². The monoisotopic (exact) mass is 184 g/mol. The number of thioether (sulfide) groups is 1. The van der Waals surface area contributed by atoms with Gasteiger partial charge in [-0.15, -0.1) is 0 Å². The fraction of sp³-hybridized carbons (Fsp3) is 0.900. The van der Waals surface area contributed by atoms with Crippen LogP contribution in [0.2, 0.25) is 0 Å². The average Bonchev–Trinajstić information content (AvgIpc) is 2.04. The van der Waals surface area contributed by atoms with Crippen LogP contribution in [0.1, 0.15) is 39.0 Å². The minimum atomic E-state index is 0.431. The van der Waals surface area contributed by atoms with E-state index in [0.29, 0.717) is 22.2 Å². The van der Waals surface area contributed by atoms with Crippen LogP contribution in [0.4, 0.5) is 0 Å². The molecule has 1 aliphatic heterocycles. The lowest BCUT2D eigenvalue weighted by Crippen LogP contribution is -2.36. The third-order valence-corrected chi connectivity index (χ3v) is 4.56. The molecule has 1 aliphatic carbocycles. The van der Waals surface area contributed by atoms with Gasteiger partial charge >= 0.3 is 0 Å². The van der Waals surface area contributed by atoms with E-state index >= 15 is 0 Å². The standard InChI is InChI=1S/C10H16OS/c1-7-6-9(11)8-4-2-3-5-10(8)12-7/h7-8,10H,2-6H2,1H3/t7-,8-,10+/m1/s1. The molecule has 2 aliphatic rings. The Labute approximate surface area is 78.3 Å². The quantitative estimate of drug-likeness (QED) is 0.575. The minimum Gasteiger partial charge on any atom is -0.299 e. The average molecular weight is 184 g/mol. The van der Waals surface area contributed by atoms with E-state index in [1.807, 2.05) is 0 Å². The normalized spacial score (nSPS) is 42.4. The number of hydrogen-bond donors (Lipinski definition) is 0. The molecular formula is C10H16OS. The lowest BCUT2D eigenvalue weighted by molar-refractivity contribution is -0.123. The molecule has 0 aromatic rings. The first kappa shape index (κ1) is 8.61. The molecule has 0 unspecified atom stereocenters. The fourth-order valence-corrected chi connectivity index (χ4v) is 4.05. The lowest BCUT2D eigenvalue weighted by atomic mass is 9.84. The SMILES string of the molecule is C[C@@H]1CC(=O)[C@H]2CCCC[C@@H]2S1. The molecular weight excluding hydrogens is 168 g/mol. The molecule has 0 amide bonds. The van der Waals surface area contributed by atoms with E-state index in [-0.39, 0.29) is 0 Å². The molecule has 0 spiro atoms. The number of fused-ring (bicyclic) bond motifs is 1. The fourth-order valence-electron chi connectivity index (χ4n) is 2.41. The van der Waals surface area contributed by atoms with Gasteiger partial charge < -0.3 is 0 Å². The van der Waals surface area contributed by atoms with E-state index in [9.17, 15) is 4.79 Å². The van der Waals surface area contributed by atoms with Crippen molar-refractivity contribution in [1.29, 1.82) is 0 Å². The molecule has 0 radical (unpaired) electrons. The molecule has 1 nitrogen and oxygen atoms in total. The summed E-state index contributed by atoms with van der Waals surface area (Å²) in [6.45, 7) is 2.19. The second-order valence-electron chi connectivity index (χ2n) is 4.05. The van der Waals surface area contributed by atoms with Crippen molar-refractivity contribution in [2.45, 2.75) is 49.5 Å². The van der Waals surface area contributed by atoms with E-state index in [2.05, 4.69) is 18.7 Å². The Balaban J connectivity index is 2.06. The van der Waals surface area contributed by atoms with Crippen LogP contribution in [-0.2, 0) is 4.79 Å². The first-order valence-electron chi connectivity index (χ1n) is 4.95. The number of rotatable bonds is 0. The first-order chi connectivity index (χ1) is 5.77. The van der Waals surface area contributed by atoms with Gasteiger partial charge in [0.25, 0.3) is 0 Å². The summed E-state index contributed by atoms with van der Waals surface area (Å²) in [6, 6.07) is 0. The van der Waals surface area contributed by atoms with Gasteiger partial charge in [-0.05, 0) is 12.8 Å². The van der Waals surface area contributed by atoms with E-state index in [0.717, 1.165) is 6.42 Å². The summed E-state index contributed by atoms with van der Waals surface area (Å²) in [4.78, 5) is 11.6. The van der Waals surface area contributed by atoms with Crippen molar-refractivity contribution in [3.63, 3.8) is 0 Å². The lowest BCUT2D eigenvalue weighted by Gasteiger charge is -2.36. The number of ketones is 1. The zero-order valence-corrected chi connectivity index (χ0v) is 8.40. The van der Waals surface area contributed by atoms with Crippen molar-refractivity contribution < 1.29 is 4.79 Å². The van der Waals surface area contributed by atoms with Gasteiger partial charge in [0.2, 0.25) is 0 Å². The maximum Gasteiger partial charge on any atom is 0.138 e. The van der Waals surface area contributed by atoms with Crippen LogP contribution in [-0.4, -0.2) is 16.3 Å². The van der Waals surface area contributed by atoms with Gasteiger partial charge in [-0.2, -0.15) is 11.8 Å². The van der Waals surface area contributed by atoms with Gasteiger partial charge in [-0.3, -0.25) is 4.79 Å². The molecule has 0 N–H and O–H groups in total. The van der Waals surface area contributed by atoms with Gasteiger partial charge in [0, 0.05) is 22.8 Å². The molecule has 0 bridgehead atoms. The Morgan fingerprint density at radius 1 is 1.33 bits per heavy atom. The Morgan fingerprint density at radius 3 is 2.92 bits per heavy atom. The highest BCUT2D eigenvalue weighted by Gasteiger charge is 2.36. The van der Waals surface area contributed by atoms with E-state index in [4.69, 9.17) is 0 Å². The smallest absolute Gasteiger partial charge is 0.138 e. The summed E-state index contributed by atoms with van der Waals surface area (Å²) in [5.41, 5.74) is 0. The third kappa shape index (κ3) is 1.54. The summed E-state index contributed by atoms with van der Waals surface area (Å²) in [6.07, 6.45) is 5.90. The van der Waals surface area contributed by atoms with Gasteiger partial charge in [0.1, 0.15) is 5.78 Å². The van der Waals surface area contributed by atoms with Crippen LogP contribution < -0.4 is 0 Å². The predicted molar refractivity (Wildman–Crippen MR) is 52.4 cm³/mol. The van der Waals surface area contributed by atoms with Crippen LogP contribution >= 0.6 is 11.8 Å². The Bertz CT molecular complexity index is 190. The summed E-state index contributed by atoms with van der Waals surface area (Å²) in [5, 5.41) is 1.26. The van der Waals surface area contributed by atoms with Crippen LogP contribution in [0.5, 0.6) is 0 Å². The molecule has 2 rings (SSSR count). The van der Waals surface area contributed by atoms with Gasteiger partial charge in [-0.1, -0.05) is 19.8 Å². The van der Waals surface area contributed by atoms with E-state index in [1.54, 1.807) is 0 Å². The molecule has 68 valence electrons. The summed E-state index contributed by atoms with van der Waals surface area (Å²) in [7, 11) is 0. The van der Waals surface area contributed by atoms with Crippen molar-refractivity contribution in [2.24, 2.45) is 5.92 Å². The van der Waals surface area contributed by atoms with Crippen LogP contribution in [0.3, 0.4) is 0 Å². The van der Waals surface area contributed by atoms with Crippen LogP contribution in [0.15, 0.2) is 0 Å². The molecule has 1 saturated carbocycles. The number of Topliss-reactive ketones (excluding diaryl/α,β-unsaturated/α-hetero) is 1. The second-order valence-corrected chi connectivity index (χ2v) is 5.73. The molecule has 1 heterocycles. The molecule has 0 aromatic carbocycles. The van der Waals surface area contributed by atoms with Crippen molar-refractivity contribution in [2.75, 3.05) is 0 Å². The zero-order valence-electron chi connectivity index (χ0n) is 7.58. The predicted octanol–water partition coefficient (Wildman–Crippen LogP) is 2.64. The number of carbonyl (C=O) groups excluding carboxylic acids is 1. The molecule has 12 heavy (non-hydrogen) atoms. The van der Waals surface area contributed by atoms with E-state index in [1.165, 1.54) is 25.7 Å². The largest absolute Gasteiger partial charge is 0.299 e. The minimum absolute atomic E-state index is 0.431. The summed E-state index contributed by atoms with van der Waals surface area (Å²) < 4.78 is 0. The molecule has 2 heteroatoms. The summed E-state index contributed by atoms with van der Waals surface area (Å²) in [5.74, 6) is 0.978. The Morgan fingerprint density at radius 2 is 2.08 bits per heavy atom. The van der Waals surface area contributed by atoms with Crippen LogP contribution in [0, 0.1) is 5.92 Å². The summed E-state index contributed by atoms with van der Waals surface area (Å²) >= 11 is 2.05. The van der Waals surface area contributed by atoms with Crippen molar-refractivity contribution in [1.82, 2.24) is 0 Å². The Kier molecular flexibility index (Phi) is 2.44. The third-order valence-electron chi connectivity index (χ3n) is 3.01. The van der Waals surface area contributed by atoms with E-state index < -0.39 is 0 Å². The number of hydrogen-bond acceptors (Lipinski definition) is 2. The topological polar surface area (TPSA) is 17.1 Å². The van der Waals surface area contributed by atoms with Crippen molar-refractivity contribution in [3.05, 3.63) is 0 Å². The highest BCUT2D eigenvalue weighted by molar-refractivity contribution is 8.00. The molecule has 0 aromatic heterocycles. The highest BCUT2D eigenvalue weighted by atomic mass is 32.2. The first-order valence-corrected chi connectivity index (χ1v) is 5.90. The second kappa shape index (κ2) is 3.41. The van der Waals surface area contributed by atoms with Crippen molar-refractivity contribution in [3.8, 4) is 0 Å². The molecule has 2 fully saturated rings. The van der Waals surface area contributed by atoms with Crippen LogP contribution in [0.25, 0.3) is 0 Å². The number of carbonyl (C=O) groups is 1. The van der Waals surface area contributed by atoms with Crippen molar-refractivity contribution >= 4 is 17.5 Å². The molecule has 3 atom stereocenters. The Hall–Kier alpha value is 0.0200. The maximum atomic E-state index is 11.6. The zero-order chi connectivity index (χ0) is 8.55. The maximum absolute atomic E-state index is 11.6.